The van der Waals surface area contributed by atoms with E-state index in [0.29, 0.717) is 34.9 Å². The molecule has 0 fully saturated rings. The summed E-state index contributed by atoms with van der Waals surface area (Å²) in [5.41, 5.74) is 0.562. The molecule has 0 heterocycles. The number of halogens is 1. The average Bonchev–Trinajstić information content (AvgIpc) is 2.42. The third-order valence-corrected chi connectivity index (χ3v) is 2.93. The van der Waals surface area contributed by atoms with Crippen molar-refractivity contribution < 1.29 is 19.4 Å². The summed E-state index contributed by atoms with van der Waals surface area (Å²) >= 11 is 3.37. The van der Waals surface area contributed by atoms with Gasteiger partial charge in [0.15, 0.2) is 11.5 Å². The summed E-state index contributed by atoms with van der Waals surface area (Å²) < 4.78 is 11.7. The first-order valence-electron chi connectivity index (χ1n) is 6.37. The van der Waals surface area contributed by atoms with Crippen molar-refractivity contribution in [2.75, 3.05) is 31.7 Å². The van der Waals surface area contributed by atoms with Crippen LogP contribution in [0.25, 0.3) is 0 Å². The van der Waals surface area contributed by atoms with Gasteiger partial charge in [-0.15, -0.1) is 0 Å². The number of carbonyl (C=O) groups is 1. The van der Waals surface area contributed by atoms with Crippen LogP contribution in [0.4, 0.5) is 10.5 Å². The molecule has 0 saturated heterocycles. The third-order valence-electron chi connectivity index (χ3n) is 2.28. The molecule has 0 saturated carbocycles. The summed E-state index contributed by atoms with van der Waals surface area (Å²) in [5.74, 6) is 1.18. The lowest BCUT2D eigenvalue weighted by Crippen LogP contribution is -2.31. The molecule has 0 radical (unpaired) electrons. The number of hydrogen-bond acceptors (Lipinski definition) is 4. The maximum Gasteiger partial charge on any atom is 0.319 e. The highest BCUT2D eigenvalue weighted by atomic mass is 79.9. The molecule has 0 bridgehead atoms. The Morgan fingerprint density at radius 1 is 1.25 bits per heavy atom. The van der Waals surface area contributed by atoms with Gasteiger partial charge in [-0.3, -0.25) is 0 Å². The van der Waals surface area contributed by atoms with Crippen molar-refractivity contribution in [1.82, 2.24) is 5.32 Å². The van der Waals surface area contributed by atoms with E-state index in [1.54, 1.807) is 12.1 Å². The van der Waals surface area contributed by atoms with Crippen molar-refractivity contribution in [3.8, 4) is 11.5 Å². The quantitative estimate of drug-likeness (QED) is 0.708. The Bertz CT molecular complexity index is 454. The summed E-state index contributed by atoms with van der Waals surface area (Å²) in [4.78, 5) is 11.6. The molecule has 112 valence electrons. The fourth-order valence-electron chi connectivity index (χ4n) is 1.50. The second-order valence-electron chi connectivity index (χ2n) is 3.75. The van der Waals surface area contributed by atoms with Crippen LogP contribution in [0.15, 0.2) is 16.6 Å². The minimum Gasteiger partial charge on any atom is -0.490 e. The zero-order valence-corrected chi connectivity index (χ0v) is 13.1. The van der Waals surface area contributed by atoms with Gasteiger partial charge in [0.1, 0.15) is 0 Å². The van der Waals surface area contributed by atoms with Crippen molar-refractivity contribution in [3.05, 3.63) is 16.6 Å². The molecule has 1 rings (SSSR count). The van der Waals surface area contributed by atoms with Crippen LogP contribution in [0.2, 0.25) is 0 Å². The largest absolute Gasteiger partial charge is 0.490 e. The lowest BCUT2D eigenvalue weighted by Gasteiger charge is -2.15. The zero-order valence-electron chi connectivity index (χ0n) is 11.5. The van der Waals surface area contributed by atoms with E-state index < -0.39 is 6.03 Å². The first-order valence-corrected chi connectivity index (χ1v) is 7.16. The summed E-state index contributed by atoms with van der Waals surface area (Å²) in [6.45, 7) is 4.87. The smallest absolute Gasteiger partial charge is 0.319 e. The monoisotopic (exact) mass is 346 g/mol. The number of carbonyl (C=O) groups excluding carboxylic acids is 1. The fraction of sp³-hybridized carbons (Fsp3) is 0.462. The lowest BCUT2D eigenvalue weighted by molar-refractivity contribution is 0.244. The number of rotatable bonds is 7. The van der Waals surface area contributed by atoms with Gasteiger partial charge in [0.25, 0.3) is 0 Å². The van der Waals surface area contributed by atoms with Crippen LogP contribution in [0.1, 0.15) is 13.8 Å². The molecule has 0 aliphatic heterocycles. The first-order chi connectivity index (χ1) is 9.62. The molecule has 0 aliphatic carbocycles. The summed E-state index contributed by atoms with van der Waals surface area (Å²) in [6, 6.07) is 3.04. The van der Waals surface area contributed by atoms with Crippen LogP contribution in [0.5, 0.6) is 11.5 Å². The van der Waals surface area contributed by atoms with Gasteiger partial charge in [-0.2, -0.15) is 0 Å². The Hall–Kier alpha value is -1.47. The molecule has 1 aromatic rings. The van der Waals surface area contributed by atoms with Gasteiger partial charge in [0.2, 0.25) is 0 Å². The lowest BCUT2D eigenvalue weighted by atomic mass is 10.2. The molecule has 1 aromatic carbocycles. The molecule has 20 heavy (non-hydrogen) atoms. The van der Waals surface area contributed by atoms with Gasteiger partial charge in [-0.1, -0.05) is 0 Å². The topological polar surface area (TPSA) is 79.8 Å². The first kappa shape index (κ1) is 16.6. The van der Waals surface area contributed by atoms with E-state index in [0.717, 1.165) is 0 Å². The maximum absolute atomic E-state index is 11.6. The normalized spacial score (nSPS) is 10.0. The Morgan fingerprint density at radius 2 is 1.85 bits per heavy atom. The van der Waals surface area contributed by atoms with Crippen molar-refractivity contribution in [2.24, 2.45) is 0 Å². The van der Waals surface area contributed by atoms with E-state index in [1.165, 1.54) is 0 Å². The molecule has 0 spiro atoms. The van der Waals surface area contributed by atoms with Crippen LogP contribution in [-0.2, 0) is 0 Å². The van der Waals surface area contributed by atoms with Crippen LogP contribution >= 0.6 is 15.9 Å². The number of benzene rings is 1. The van der Waals surface area contributed by atoms with Crippen molar-refractivity contribution in [1.29, 1.82) is 0 Å². The van der Waals surface area contributed by atoms with Crippen molar-refractivity contribution in [2.45, 2.75) is 13.8 Å². The van der Waals surface area contributed by atoms with Crippen LogP contribution in [-0.4, -0.2) is 37.5 Å². The van der Waals surface area contributed by atoms with E-state index in [9.17, 15) is 4.79 Å². The zero-order chi connectivity index (χ0) is 15.0. The predicted octanol–water partition coefficient (Wildman–Crippen LogP) is 2.36. The number of hydrogen-bond donors (Lipinski definition) is 3. The third kappa shape index (κ3) is 4.90. The molecule has 2 amide bonds. The van der Waals surface area contributed by atoms with Crippen molar-refractivity contribution in [3.63, 3.8) is 0 Å². The van der Waals surface area contributed by atoms with E-state index >= 15 is 0 Å². The molecule has 0 aliphatic rings. The highest BCUT2D eigenvalue weighted by molar-refractivity contribution is 9.10. The number of nitrogens with one attached hydrogen (secondary N) is 2. The Morgan fingerprint density at radius 3 is 2.40 bits per heavy atom. The van der Waals surface area contributed by atoms with E-state index in [2.05, 4.69) is 26.6 Å². The van der Waals surface area contributed by atoms with Crippen molar-refractivity contribution >= 4 is 27.6 Å². The number of amides is 2. The summed E-state index contributed by atoms with van der Waals surface area (Å²) in [7, 11) is 0. The van der Waals surface area contributed by atoms with Gasteiger partial charge < -0.3 is 25.2 Å². The molecular weight excluding hydrogens is 328 g/mol. The van der Waals surface area contributed by atoms with Crippen LogP contribution in [0.3, 0.4) is 0 Å². The molecule has 7 heteroatoms. The highest BCUT2D eigenvalue weighted by Gasteiger charge is 2.12. The van der Waals surface area contributed by atoms with E-state index in [-0.39, 0.29) is 13.2 Å². The molecule has 6 nitrogen and oxygen atoms in total. The molecule has 0 atom stereocenters. The highest BCUT2D eigenvalue weighted by Crippen LogP contribution is 2.36. The number of aliphatic hydroxyl groups is 1. The van der Waals surface area contributed by atoms with Crippen LogP contribution in [0, 0.1) is 0 Å². The standard InChI is InChI=1S/C13H19BrN2O4/c1-3-19-11-7-9(14)10(8-12(11)20-4-2)16-13(18)15-5-6-17/h7-8,17H,3-6H2,1-2H3,(H2,15,16,18). The predicted molar refractivity (Wildman–Crippen MR) is 80.6 cm³/mol. The number of ether oxygens (including phenoxy) is 2. The fourth-order valence-corrected chi connectivity index (χ4v) is 1.92. The Labute approximate surface area is 126 Å². The minimum atomic E-state index is -0.397. The van der Waals surface area contributed by atoms with Crippen LogP contribution < -0.4 is 20.1 Å². The van der Waals surface area contributed by atoms with Gasteiger partial charge in [-0.25, -0.2) is 4.79 Å². The molecular formula is C13H19BrN2O4. The second-order valence-corrected chi connectivity index (χ2v) is 4.60. The summed E-state index contributed by atoms with van der Waals surface area (Å²) in [5, 5.41) is 13.8. The molecule has 3 N–H and O–H groups in total. The number of anilines is 1. The molecule has 0 aromatic heterocycles. The summed E-state index contributed by atoms with van der Waals surface area (Å²) in [6.07, 6.45) is 0. The minimum absolute atomic E-state index is 0.109. The average molecular weight is 347 g/mol. The van der Waals surface area contributed by atoms with Gasteiger partial charge in [0.05, 0.1) is 25.5 Å². The maximum atomic E-state index is 11.6. The second kappa shape index (κ2) is 8.65. The Kier molecular flexibility index (Phi) is 7.17. The van der Waals surface area contributed by atoms with E-state index in [4.69, 9.17) is 14.6 Å². The van der Waals surface area contributed by atoms with Gasteiger partial charge in [0, 0.05) is 23.2 Å². The number of urea groups is 1. The van der Waals surface area contributed by atoms with Gasteiger partial charge >= 0.3 is 6.03 Å². The van der Waals surface area contributed by atoms with Gasteiger partial charge in [-0.05, 0) is 29.8 Å². The number of aliphatic hydroxyl groups excluding tert-OH is 1. The SMILES string of the molecule is CCOc1cc(Br)c(NC(=O)NCCO)cc1OCC. The molecule has 0 unspecified atom stereocenters. The Balaban J connectivity index is 2.90. The van der Waals surface area contributed by atoms with E-state index in [1.807, 2.05) is 13.8 Å².